The second-order valence-electron chi connectivity index (χ2n) is 5.01. The van der Waals surface area contributed by atoms with Gasteiger partial charge in [0.25, 0.3) is 0 Å². The number of aromatic nitrogens is 3. The zero-order valence-electron chi connectivity index (χ0n) is 11.4. The van der Waals surface area contributed by atoms with Gasteiger partial charge in [-0.25, -0.2) is 4.79 Å². The number of nitrogens with zero attached hydrogens (tertiary/aromatic N) is 3. The minimum atomic E-state index is -4.41. The molecule has 2 amide bonds. The third kappa shape index (κ3) is 3.96. The van der Waals surface area contributed by atoms with Gasteiger partial charge in [-0.2, -0.15) is 18.3 Å². The first-order chi connectivity index (χ1) is 9.78. The summed E-state index contributed by atoms with van der Waals surface area (Å²) >= 11 is 5.03. The molecule has 1 aromatic heterocycles. The highest BCUT2D eigenvalue weighted by molar-refractivity contribution is 7.71. The second kappa shape index (κ2) is 6.04. The molecule has 0 saturated carbocycles. The van der Waals surface area contributed by atoms with Crippen LogP contribution in [0.4, 0.5) is 18.0 Å². The van der Waals surface area contributed by atoms with E-state index in [0.717, 1.165) is 6.42 Å². The Morgan fingerprint density at radius 1 is 1.57 bits per heavy atom. The van der Waals surface area contributed by atoms with Gasteiger partial charge in [0, 0.05) is 26.1 Å². The molecule has 0 aliphatic carbocycles. The number of likely N-dealkylation sites (tertiary alicyclic amines) is 1. The Balaban J connectivity index is 1.99. The molecule has 1 aromatic rings. The van der Waals surface area contributed by atoms with E-state index in [9.17, 15) is 18.0 Å². The predicted octanol–water partition coefficient (Wildman–Crippen LogP) is 1.93. The van der Waals surface area contributed by atoms with E-state index in [0.29, 0.717) is 30.1 Å². The van der Waals surface area contributed by atoms with Crippen molar-refractivity contribution < 1.29 is 18.0 Å². The summed E-state index contributed by atoms with van der Waals surface area (Å²) in [6.45, 7) is -0.550. The first-order valence-corrected chi connectivity index (χ1v) is 6.89. The second-order valence-corrected chi connectivity index (χ2v) is 5.39. The average molecular weight is 323 g/mol. The number of aromatic amines is 1. The average Bonchev–Trinajstić information content (AvgIpc) is 2.76. The Hall–Kier alpha value is -1.58. The van der Waals surface area contributed by atoms with Crippen LogP contribution in [-0.4, -0.2) is 51.5 Å². The molecule has 0 aromatic carbocycles. The smallest absolute Gasteiger partial charge is 0.329 e. The zero-order chi connectivity index (χ0) is 15.6. The maximum absolute atomic E-state index is 12.1. The first kappa shape index (κ1) is 15.8. The molecule has 2 heterocycles. The molecule has 1 atom stereocenters. The van der Waals surface area contributed by atoms with Crippen molar-refractivity contribution in [2.75, 3.05) is 19.6 Å². The monoisotopic (exact) mass is 323 g/mol. The van der Waals surface area contributed by atoms with Crippen molar-refractivity contribution >= 4 is 18.2 Å². The van der Waals surface area contributed by atoms with E-state index in [1.54, 1.807) is 11.6 Å². The Labute approximate surface area is 124 Å². The third-order valence-corrected chi connectivity index (χ3v) is 3.79. The van der Waals surface area contributed by atoms with E-state index >= 15 is 0 Å². The van der Waals surface area contributed by atoms with E-state index in [4.69, 9.17) is 12.2 Å². The number of hydrogen-bond acceptors (Lipinski definition) is 3. The number of nitrogens with one attached hydrogen (secondary N) is 2. The summed E-state index contributed by atoms with van der Waals surface area (Å²) < 4.78 is 38.5. The molecular weight excluding hydrogens is 307 g/mol. The van der Waals surface area contributed by atoms with Gasteiger partial charge in [-0.3, -0.25) is 5.10 Å². The molecule has 0 spiro atoms. The highest BCUT2D eigenvalue weighted by atomic mass is 32.1. The van der Waals surface area contributed by atoms with Crippen molar-refractivity contribution in [1.29, 1.82) is 0 Å². The maximum Gasteiger partial charge on any atom is 0.405 e. The quantitative estimate of drug-likeness (QED) is 0.817. The molecule has 1 fully saturated rings. The lowest BCUT2D eigenvalue weighted by atomic mass is 9.97. The van der Waals surface area contributed by atoms with E-state index in [1.807, 2.05) is 5.32 Å². The van der Waals surface area contributed by atoms with Crippen LogP contribution in [0.25, 0.3) is 0 Å². The predicted molar refractivity (Wildman–Crippen MR) is 71.4 cm³/mol. The van der Waals surface area contributed by atoms with Crippen LogP contribution in [0.3, 0.4) is 0 Å². The van der Waals surface area contributed by atoms with Gasteiger partial charge in [-0.1, -0.05) is 0 Å². The number of rotatable bonds is 2. The van der Waals surface area contributed by atoms with Crippen LogP contribution in [-0.2, 0) is 7.05 Å². The van der Waals surface area contributed by atoms with Crippen LogP contribution in [0.15, 0.2) is 0 Å². The van der Waals surface area contributed by atoms with Crippen LogP contribution in [0.2, 0.25) is 0 Å². The van der Waals surface area contributed by atoms with Crippen molar-refractivity contribution in [3.8, 4) is 0 Å². The number of carbonyl (C=O) groups excluding carboxylic acids is 1. The normalized spacial score (nSPS) is 19.6. The standard InChI is InChI=1S/C11H16F3N5OS/c1-18-8(16-17-10(18)21)7-3-2-4-19(5-7)9(20)15-6-11(12,13)14/h7H,2-6H2,1H3,(H,15,20)(H,17,21)/t7-/m1/s1. The van der Waals surface area contributed by atoms with E-state index in [2.05, 4.69) is 10.2 Å². The molecule has 21 heavy (non-hydrogen) atoms. The van der Waals surface area contributed by atoms with E-state index in [1.165, 1.54) is 4.90 Å². The molecule has 10 heteroatoms. The molecule has 118 valence electrons. The lowest BCUT2D eigenvalue weighted by molar-refractivity contribution is -0.123. The summed E-state index contributed by atoms with van der Waals surface area (Å²) in [5.41, 5.74) is 0. The van der Waals surface area contributed by atoms with Crippen LogP contribution < -0.4 is 5.32 Å². The molecule has 1 aliphatic heterocycles. The molecule has 0 unspecified atom stereocenters. The van der Waals surface area contributed by atoms with Gasteiger partial charge in [0.2, 0.25) is 0 Å². The van der Waals surface area contributed by atoms with Gasteiger partial charge in [0.1, 0.15) is 12.4 Å². The molecule has 2 N–H and O–H groups in total. The Morgan fingerprint density at radius 3 is 2.86 bits per heavy atom. The molecule has 0 bridgehead atoms. The van der Waals surface area contributed by atoms with Crippen molar-refractivity contribution in [1.82, 2.24) is 25.0 Å². The van der Waals surface area contributed by atoms with Gasteiger partial charge in [0.15, 0.2) is 4.77 Å². The maximum atomic E-state index is 12.1. The zero-order valence-corrected chi connectivity index (χ0v) is 12.2. The number of alkyl halides is 3. The van der Waals surface area contributed by atoms with Gasteiger partial charge >= 0.3 is 12.2 Å². The number of piperidine rings is 1. The lowest BCUT2D eigenvalue weighted by Gasteiger charge is -2.32. The fourth-order valence-electron chi connectivity index (χ4n) is 2.38. The molecule has 1 aliphatic rings. The summed E-state index contributed by atoms with van der Waals surface area (Å²) in [5.74, 6) is 0.682. The summed E-state index contributed by atoms with van der Waals surface area (Å²) in [4.78, 5) is 13.2. The van der Waals surface area contributed by atoms with Crippen molar-refractivity contribution in [3.63, 3.8) is 0 Å². The van der Waals surface area contributed by atoms with Crippen molar-refractivity contribution in [3.05, 3.63) is 10.6 Å². The highest BCUT2D eigenvalue weighted by Crippen LogP contribution is 2.25. The highest BCUT2D eigenvalue weighted by Gasteiger charge is 2.31. The van der Waals surface area contributed by atoms with Gasteiger partial charge in [-0.15, -0.1) is 0 Å². The molecule has 6 nitrogen and oxygen atoms in total. The van der Waals surface area contributed by atoms with Crippen LogP contribution in [0, 0.1) is 4.77 Å². The largest absolute Gasteiger partial charge is 0.405 e. The number of hydrogen-bond donors (Lipinski definition) is 2. The Bertz CT molecular complexity index is 567. The summed E-state index contributed by atoms with van der Waals surface area (Å²) in [6.07, 6.45) is -2.88. The first-order valence-electron chi connectivity index (χ1n) is 6.49. The number of carbonyl (C=O) groups is 1. The summed E-state index contributed by atoms with van der Waals surface area (Å²) in [6, 6.07) is -0.700. The Kier molecular flexibility index (Phi) is 4.55. The van der Waals surface area contributed by atoms with Gasteiger partial charge < -0.3 is 14.8 Å². The fourth-order valence-corrected chi connectivity index (χ4v) is 2.52. The SMILES string of the molecule is Cn1c([C@@H]2CCCN(C(=O)NCC(F)(F)F)C2)n[nH]c1=S. The van der Waals surface area contributed by atoms with Crippen LogP contribution in [0.1, 0.15) is 24.6 Å². The number of urea groups is 1. The summed E-state index contributed by atoms with van der Waals surface area (Å²) in [5, 5.41) is 8.69. The molecular formula is C11H16F3N5OS. The minimum Gasteiger partial charge on any atom is -0.329 e. The van der Waals surface area contributed by atoms with Crippen LogP contribution in [0.5, 0.6) is 0 Å². The van der Waals surface area contributed by atoms with Gasteiger partial charge in [0.05, 0.1) is 0 Å². The fraction of sp³-hybridized carbons (Fsp3) is 0.727. The van der Waals surface area contributed by atoms with Crippen molar-refractivity contribution in [2.45, 2.75) is 24.9 Å². The minimum absolute atomic E-state index is 0.0339. The molecule has 2 rings (SSSR count). The molecule has 0 radical (unpaired) electrons. The van der Waals surface area contributed by atoms with E-state index < -0.39 is 18.8 Å². The lowest BCUT2D eigenvalue weighted by Crippen LogP contribution is -2.47. The topological polar surface area (TPSA) is 66.0 Å². The number of halogens is 3. The van der Waals surface area contributed by atoms with Gasteiger partial charge in [-0.05, 0) is 25.1 Å². The van der Waals surface area contributed by atoms with Crippen LogP contribution >= 0.6 is 12.2 Å². The summed E-state index contributed by atoms with van der Waals surface area (Å²) in [7, 11) is 1.77. The number of H-pyrrole nitrogens is 1. The van der Waals surface area contributed by atoms with E-state index in [-0.39, 0.29) is 5.92 Å². The number of amides is 2. The Morgan fingerprint density at radius 2 is 2.29 bits per heavy atom. The van der Waals surface area contributed by atoms with Crippen molar-refractivity contribution in [2.24, 2.45) is 7.05 Å². The third-order valence-electron chi connectivity index (χ3n) is 3.43. The molecule has 1 saturated heterocycles.